The van der Waals surface area contributed by atoms with Crippen LogP contribution in [0.5, 0.6) is 5.75 Å². The van der Waals surface area contributed by atoms with E-state index in [2.05, 4.69) is 0 Å². The lowest BCUT2D eigenvalue weighted by molar-refractivity contribution is 0.436. The van der Waals surface area contributed by atoms with Gasteiger partial charge in [0, 0.05) is 6.07 Å². The second kappa shape index (κ2) is 4.46. The zero-order valence-electron chi connectivity index (χ0n) is 8.15. The lowest BCUT2D eigenvalue weighted by Crippen LogP contribution is -2.03. The zero-order valence-corrected chi connectivity index (χ0v) is 8.15. The van der Waals surface area contributed by atoms with Crippen LogP contribution in [0, 0.1) is 6.92 Å². The Labute approximate surface area is 82.0 Å². The minimum Gasteiger partial charge on any atom is -0.507 e. The standard InChI is InChI=1S/C11H12O3/c1-3-4-5-6-9-7-10(12)8(2)11(13)14-9/h3-7,12H,1-2H3/b4-3+,6-5+. The fourth-order valence-electron chi connectivity index (χ4n) is 0.904. The summed E-state index contributed by atoms with van der Waals surface area (Å²) < 4.78 is 4.90. The highest BCUT2D eigenvalue weighted by atomic mass is 16.4. The minimum absolute atomic E-state index is 0.0404. The topological polar surface area (TPSA) is 50.4 Å². The van der Waals surface area contributed by atoms with Crippen molar-refractivity contribution in [3.8, 4) is 5.75 Å². The van der Waals surface area contributed by atoms with Crippen LogP contribution in [-0.4, -0.2) is 5.11 Å². The third kappa shape index (κ3) is 2.36. The maximum Gasteiger partial charge on any atom is 0.342 e. The first-order valence-electron chi connectivity index (χ1n) is 4.28. The molecule has 0 aliphatic rings. The monoisotopic (exact) mass is 192 g/mol. The highest BCUT2D eigenvalue weighted by molar-refractivity contribution is 5.48. The van der Waals surface area contributed by atoms with E-state index >= 15 is 0 Å². The molecule has 0 fully saturated rings. The van der Waals surface area contributed by atoms with Crippen LogP contribution in [0.25, 0.3) is 6.08 Å². The van der Waals surface area contributed by atoms with E-state index in [0.717, 1.165) is 0 Å². The largest absolute Gasteiger partial charge is 0.507 e. The van der Waals surface area contributed by atoms with Crippen LogP contribution in [0.3, 0.4) is 0 Å². The van der Waals surface area contributed by atoms with E-state index in [1.54, 1.807) is 18.2 Å². The van der Waals surface area contributed by atoms with Crippen molar-refractivity contribution in [1.29, 1.82) is 0 Å². The molecule has 0 amide bonds. The molecule has 1 heterocycles. The Bertz CT molecular complexity index is 425. The maximum atomic E-state index is 11.1. The van der Waals surface area contributed by atoms with Gasteiger partial charge in [0.25, 0.3) is 0 Å². The molecule has 0 bridgehead atoms. The van der Waals surface area contributed by atoms with Gasteiger partial charge in [0.05, 0.1) is 5.56 Å². The zero-order chi connectivity index (χ0) is 10.6. The number of allylic oxidation sites excluding steroid dienone is 3. The summed E-state index contributed by atoms with van der Waals surface area (Å²) in [6.07, 6.45) is 6.99. The van der Waals surface area contributed by atoms with Gasteiger partial charge in [-0.1, -0.05) is 18.2 Å². The van der Waals surface area contributed by atoms with E-state index in [0.29, 0.717) is 5.76 Å². The molecule has 1 N–H and O–H groups in total. The van der Waals surface area contributed by atoms with Gasteiger partial charge in [-0.3, -0.25) is 0 Å². The molecule has 0 aliphatic heterocycles. The number of aromatic hydroxyl groups is 1. The molecule has 1 aromatic rings. The van der Waals surface area contributed by atoms with Crippen LogP contribution < -0.4 is 5.63 Å². The molecule has 1 rings (SSSR count). The van der Waals surface area contributed by atoms with Crippen molar-refractivity contribution in [1.82, 2.24) is 0 Å². The van der Waals surface area contributed by atoms with Gasteiger partial charge in [-0.15, -0.1) is 0 Å². The molecule has 14 heavy (non-hydrogen) atoms. The first-order chi connectivity index (χ1) is 6.65. The van der Waals surface area contributed by atoms with Crippen molar-refractivity contribution in [3.05, 3.63) is 46.0 Å². The molecule has 0 radical (unpaired) electrons. The molecule has 0 unspecified atom stereocenters. The summed E-state index contributed by atoms with van der Waals surface area (Å²) in [6, 6.07) is 1.41. The summed E-state index contributed by atoms with van der Waals surface area (Å²) in [5, 5.41) is 9.33. The van der Waals surface area contributed by atoms with E-state index < -0.39 is 5.63 Å². The smallest absolute Gasteiger partial charge is 0.342 e. The second-order valence-electron chi connectivity index (χ2n) is 2.83. The summed E-state index contributed by atoms with van der Waals surface area (Å²) >= 11 is 0. The van der Waals surface area contributed by atoms with Crippen molar-refractivity contribution in [2.24, 2.45) is 0 Å². The van der Waals surface area contributed by atoms with Crippen molar-refractivity contribution in [2.45, 2.75) is 13.8 Å². The maximum absolute atomic E-state index is 11.1. The Kier molecular flexibility index (Phi) is 3.29. The average Bonchev–Trinajstić information content (AvgIpc) is 2.14. The highest BCUT2D eigenvalue weighted by Crippen LogP contribution is 2.14. The van der Waals surface area contributed by atoms with Crippen LogP contribution in [0.2, 0.25) is 0 Å². The van der Waals surface area contributed by atoms with Crippen LogP contribution in [0.4, 0.5) is 0 Å². The fraction of sp³-hybridized carbons (Fsp3) is 0.182. The second-order valence-corrected chi connectivity index (χ2v) is 2.83. The Hall–Kier alpha value is -1.77. The van der Waals surface area contributed by atoms with Crippen LogP contribution in [-0.2, 0) is 0 Å². The molecule has 3 heteroatoms. The third-order valence-corrected chi connectivity index (χ3v) is 1.74. The summed E-state index contributed by atoms with van der Waals surface area (Å²) in [6.45, 7) is 3.40. The molecule has 3 nitrogen and oxygen atoms in total. The van der Waals surface area contributed by atoms with Gasteiger partial charge in [0.1, 0.15) is 11.5 Å². The predicted molar refractivity (Wildman–Crippen MR) is 55.2 cm³/mol. The van der Waals surface area contributed by atoms with Gasteiger partial charge in [-0.25, -0.2) is 4.79 Å². The molecular formula is C11H12O3. The summed E-state index contributed by atoms with van der Waals surface area (Å²) in [5.74, 6) is 0.303. The van der Waals surface area contributed by atoms with Crippen LogP contribution in [0.15, 0.2) is 33.5 Å². The van der Waals surface area contributed by atoms with E-state index in [1.165, 1.54) is 13.0 Å². The third-order valence-electron chi connectivity index (χ3n) is 1.74. The molecule has 0 aliphatic carbocycles. The minimum atomic E-state index is -0.509. The van der Waals surface area contributed by atoms with Crippen LogP contribution in [0.1, 0.15) is 18.2 Å². The van der Waals surface area contributed by atoms with E-state index in [1.807, 2.05) is 13.0 Å². The molecular weight excluding hydrogens is 180 g/mol. The quantitative estimate of drug-likeness (QED) is 0.731. The lowest BCUT2D eigenvalue weighted by Gasteiger charge is -1.97. The summed E-state index contributed by atoms with van der Waals surface area (Å²) in [4.78, 5) is 11.1. The molecule has 0 spiro atoms. The van der Waals surface area contributed by atoms with Crippen molar-refractivity contribution < 1.29 is 9.52 Å². The molecule has 0 atom stereocenters. The van der Waals surface area contributed by atoms with E-state index in [9.17, 15) is 9.90 Å². The average molecular weight is 192 g/mol. The van der Waals surface area contributed by atoms with Gasteiger partial charge in [0.15, 0.2) is 0 Å². The molecule has 1 aromatic heterocycles. The van der Waals surface area contributed by atoms with Crippen molar-refractivity contribution in [2.75, 3.05) is 0 Å². The summed E-state index contributed by atoms with van der Waals surface area (Å²) in [7, 11) is 0. The normalized spacial score (nSPS) is 11.6. The van der Waals surface area contributed by atoms with E-state index in [-0.39, 0.29) is 11.3 Å². The van der Waals surface area contributed by atoms with Crippen LogP contribution >= 0.6 is 0 Å². The highest BCUT2D eigenvalue weighted by Gasteiger charge is 2.03. The van der Waals surface area contributed by atoms with Crippen molar-refractivity contribution in [3.63, 3.8) is 0 Å². The SMILES string of the molecule is C/C=C/C=C/c1cc(O)c(C)c(=O)o1. The fourth-order valence-corrected chi connectivity index (χ4v) is 0.904. The Morgan fingerprint density at radius 1 is 1.43 bits per heavy atom. The van der Waals surface area contributed by atoms with Gasteiger partial charge >= 0.3 is 5.63 Å². The summed E-state index contributed by atoms with van der Waals surface area (Å²) in [5.41, 5.74) is -0.279. The predicted octanol–water partition coefficient (Wildman–Crippen LogP) is 2.24. The Morgan fingerprint density at radius 3 is 2.71 bits per heavy atom. The Morgan fingerprint density at radius 2 is 2.14 bits per heavy atom. The van der Waals surface area contributed by atoms with Gasteiger partial charge < -0.3 is 9.52 Å². The first-order valence-corrected chi connectivity index (χ1v) is 4.28. The Balaban J connectivity index is 3.07. The van der Waals surface area contributed by atoms with E-state index in [4.69, 9.17) is 4.42 Å². The van der Waals surface area contributed by atoms with Gasteiger partial charge in [-0.2, -0.15) is 0 Å². The molecule has 74 valence electrons. The van der Waals surface area contributed by atoms with Gasteiger partial charge in [-0.05, 0) is 19.9 Å². The molecule has 0 aromatic carbocycles. The first kappa shape index (κ1) is 10.3. The lowest BCUT2D eigenvalue weighted by atomic mass is 10.2. The number of hydrogen-bond donors (Lipinski definition) is 1. The number of hydrogen-bond acceptors (Lipinski definition) is 3. The number of rotatable bonds is 2. The van der Waals surface area contributed by atoms with Gasteiger partial charge in [0.2, 0.25) is 0 Å². The molecule has 0 saturated carbocycles. The van der Waals surface area contributed by atoms with Crippen molar-refractivity contribution >= 4 is 6.08 Å². The molecule has 0 saturated heterocycles.